The van der Waals surface area contributed by atoms with Gasteiger partial charge in [-0.1, -0.05) is 133 Å². The summed E-state index contributed by atoms with van der Waals surface area (Å²) in [6, 6.07) is 60.9. The Kier molecular flexibility index (Phi) is 5.85. The zero-order valence-corrected chi connectivity index (χ0v) is 24.6. The molecular weight excluding hydrogens is 544 g/mol. The number of nitrogens with zero attached hydrogens (tertiary/aromatic N) is 2. The molecule has 9 rings (SSSR count). The SMILES string of the molecule is c1ccc(-c2cc(-c3ccc(-c4cccc(-n5c6ccccc6c6ccccc65)c4)cc3)c3c(ccc4ccccc43)n2)cc1. The van der Waals surface area contributed by atoms with Crippen LogP contribution in [0, 0.1) is 0 Å². The van der Waals surface area contributed by atoms with Crippen LogP contribution in [-0.4, -0.2) is 9.55 Å². The maximum absolute atomic E-state index is 5.12. The number of hydrogen-bond acceptors (Lipinski definition) is 1. The number of aromatic nitrogens is 2. The molecule has 0 radical (unpaired) electrons. The van der Waals surface area contributed by atoms with Crippen LogP contribution in [-0.2, 0) is 0 Å². The molecule has 7 aromatic carbocycles. The molecule has 0 atom stereocenters. The highest BCUT2D eigenvalue weighted by molar-refractivity contribution is 6.14. The highest BCUT2D eigenvalue weighted by Gasteiger charge is 2.14. The van der Waals surface area contributed by atoms with Gasteiger partial charge in [-0.15, -0.1) is 0 Å². The summed E-state index contributed by atoms with van der Waals surface area (Å²) in [6.07, 6.45) is 0. The number of fused-ring (bicyclic) bond motifs is 6. The van der Waals surface area contributed by atoms with Crippen molar-refractivity contribution in [1.29, 1.82) is 0 Å². The Labute approximate surface area is 261 Å². The summed E-state index contributed by atoms with van der Waals surface area (Å²) in [6.45, 7) is 0. The molecule has 0 aliphatic carbocycles. The van der Waals surface area contributed by atoms with Crippen LogP contribution in [0.25, 0.3) is 82.7 Å². The zero-order chi connectivity index (χ0) is 29.7. The molecule has 9 aromatic rings. The van der Waals surface area contributed by atoms with Crippen LogP contribution < -0.4 is 0 Å². The lowest BCUT2D eigenvalue weighted by Gasteiger charge is -2.14. The Hall–Kier alpha value is -5.99. The zero-order valence-electron chi connectivity index (χ0n) is 24.6. The first kappa shape index (κ1) is 25.5. The lowest BCUT2D eigenvalue weighted by molar-refractivity contribution is 1.18. The summed E-state index contributed by atoms with van der Waals surface area (Å²) in [4.78, 5) is 5.12. The Morgan fingerprint density at radius 3 is 1.78 bits per heavy atom. The minimum absolute atomic E-state index is 0.983. The second-order valence-corrected chi connectivity index (χ2v) is 11.6. The van der Waals surface area contributed by atoms with E-state index in [9.17, 15) is 0 Å². The van der Waals surface area contributed by atoms with E-state index in [0.717, 1.165) is 22.5 Å². The second kappa shape index (κ2) is 10.3. The predicted octanol–water partition coefficient (Wildman–Crippen LogP) is 11.5. The topological polar surface area (TPSA) is 17.8 Å². The molecule has 0 spiro atoms. The number of benzene rings is 7. The predicted molar refractivity (Wildman–Crippen MR) is 190 cm³/mol. The molecule has 2 nitrogen and oxygen atoms in total. The summed E-state index contributed by atoms with van der Waals surface area (Å²) in [5.41, 5.74) is 11.5. The average Bonchev–Trinajstić information content (AvgIpc) is 3.46. The number of rotatable bonds is 4. The smallest absolute Gasteiger partial charge is 0.0722 e. The lowest BCUT2D eigenvalue weighted by Crippen LogP contribution is -1.94. The number of pyridine rings is 1. The largest absolute Gasteiger partial charge is 0.309 e. The molecule has 2 heteroatoms. The van der Waals surface area contributed by atoms with Gasteiger partial charge < -0.3 is 4.57 Å². The van der Waals surface area contributed by atoms with E-state index in [4.69, 9.17) is 4.98 Å². The first-order valence-corrected chi connectivity index (χ1v) is 15.4. The number of para-hydroxylation sites is 2. The van der Waals surface area contributed by atoms with E-state index in [1.54, 1.807) is 0 Å². The van der Waals surface area contributed by atoms with E-state index in [-0.39, 0.29) is 0 Å². The van der Waals surface area contributed by atoms with Gasteiger partial charge in [0.15, 0.2) is 0 Å². The monoisotopic (exact) mass is 572 g/mol. The summed E-state index contributed by atoms with van der Waals surface area (Å²) in [5.74, 6) is 0. The van der Waals surface area contributed by atoms with Crippen molar-refractivity contribution in [2.24, 2.45) is 0 Å². The normalized spacial score (nSPS) is 11.6. The second-order valence-electron chi connectivity index (χ2n) is 11.6. The average molecular weight is 573 g/mol. The minimum Gasteiger partial charge on any atom is -0.309 e. The van der Waals surface area contributed by atoms with Crippen LogP contribution in [0.5, 0.6) is 0 Å². The standard InChI is InChI=1S/C43H28N2/c1-2-12-32(13-3-1)40-28-38(43-35-16-5-4-11-30(35)25-26-39(43)44-40)31-23-21-29(22-24-31)33-14-10-15-34(27-33)45-41-19-8-6-17-36(41)37-18-7-9-20-42(37)45/h1-28H. The quantitative estimate of drug-likeness (QED) is 0.192. The third-order valence-corrected chi connectivity index (χ3v) is 8.98. The Morgan fingerprint density at radius 2 is 1.02 bits per heavy atom. The van der Waals surface area contributed by atoms with E-state index in [0.29, 0.717) is 0 Å². The Balaban J connectivity index is 1.18. The highest BCUT2D eigenvalue weighted by Crippen LogP contribution is 2.38. The molecule has 0 fully saturated rings. The van der Waals surface area contributed by atoms with Crippen molar-refractivity contribution in [3.63, 3.8) is 0 Å². The van der Waals surface area contributed by atoms with Crippen molar-refractivity contribution in [1.82, 2.24) is 9.55 Å². The van der Waals surface area contributed by atoms with Crippen molar-refractivity contribution in [2.75, 3.05) is 0 Å². The van der Waals surface area contributed by atoms with Gasteiger partial charge in [0.1, 0.15) is 0 Å². The highest BCUT2D eigenvalue weighted by atomic mass is 15.0. The van der Waals surface area contributed by atoms with E-state index in [2.05, 4.69) is 168 Å². The van der Waals surface area contributed by atoms with Gasteiger partial charge in [-0.05, 0) is 69.4 Å². The fourth-order valence-corrected chi connectivity index (χ4v) is 6.86. The molecule has 0 unspecified atom stereocenters. The van der Waals surface area contributed by atoms with Crippen LogP contribution in [0.4, 0.5) is 0 Å². The number of hydrogen-bond donors (Lipinski definition) is 0. The molecule has 0 saturated heterocycles. The fourth-order valence-electron chi connectivity index (χ4n) is 6.86. The molecule has 0 saturated carbocycles. The fraction of sp³-hybridized carbons (Fsp3) is 0. The van der Waals surface area contributed by atoms with Gasteiger partial charge in [-0.2, -0.15) is 0 Å². The van der Waals surface area contributed by atoms with E-state index in [1.807, 2.05) is 6.07 Å². The summed E-state index contributed by atoms with van der Waals surface area (Å²) in [7, 11) is 0. The molecule has 2 aromatic heterocycles. The Bertz CT molecular complexity index is 2470. The molecular formula is C43H28N2. The maximum Gasteiger partial charge on any atom is 0.0722 e. The van der Waals surface area contributed by atoms with Gasteiger partial charge in [0.05, 0.1) is 22.2 Å². The van der Waals surface area contributed by atoms with Gasteiger partial charge in [0, 0.05) is 27.4 Å². The molecule has 0 amide bonds. The van der Waals surface area contributed by atoms with Gasteiger partial charge >= 0.3 is 0 Å². The van der Waals surface area contributed by atoms with Crippen LogP contribution in [0.15, 0.2) is 170 Å². The van der Waals surface area contributed by atoms with Crippen molar-refractivity contribution in [2.45, 2.75) is 0 Å². The van der Waals surface area contributed by atoms with Crippen molar-refractivity contribution in [3.05, 3.63) is 170 Å². The van der Waals surface area contributed by atoms with Gasteiger partial charge in [0.25, 0.3) is 0 Å². The van der Waals surface area contributed by atoms with Gasteiger partial charge in [0.2, 0.25) is 0 Å². The minimum atomic E-state index is 0.983. The van der Waals surface area contributed by atoms with Crippen molar-refractivity contribution >= 4 is 43.5 Å². The van der Waals surface area contributed by atoms with Gasteiger partial charge in [-0.25, -0.2) is 4.98 Å². The molecule has 0 bridgehead atoms. The molecule has 0 aliphatic heterocycles. The molecule has 210 valence electrons. The lowest BCUT2D eigenvalue weighted by atomic mass is 9.93. The summed E-state index contributed by atoms with van der Waals surface area (Å²) >= 11 is 0. The van der Waals surface area contributed by atoms with E-state index in [1.165, 1.54) is 60.2 Å². The molecule has 2 heterocycles. The van der Waals surface area contributed by atoms with Crippen LogP contribution in [0.3, 0.4) is 0 Å². The third-order valence-electron chi connectivity index (χ3n) is 8.98. The van der Waals surface area contributed by atoms with Gasteiger partial charge in [-0.3, -0.25) is 0 Å². The summed E-state index contributed by atoms with van der Waals surface area (Å²) in [5, 5.41) is 6.18. The van der Waals surface area contributed by atoms with Crippen LogP contribution in [0.1, 0.15) is 0 Å². The first-order valence-electron chi connectivity index (χ1n) is 15.4. The van der Waals surface area contributed by atoms with E-state index >= 15 is 0 Å². The third kappa shape index (κ3) is 4.22. The van der Waals surface area contributed by atoms with E-state index < -0.39 is 0 Å². The van der Waals surface area contributed by atoms with Crippen molar-refractivity contribution in [3.8, 4) is 39.2 Å². The molecule has 45 heavy (non-hydrogen) atoms. The first-order chi connectivity index (χ1) is 22.3. The van der Waals surface area contributed by atoms with Crippen molar-refractivity contribution < 1.29 is 0 Å². The Morgan fingerprint density at radius 1 is 0.400 bits per heavy atom. The summed E-state index contributed by atoms with van der Waals surface area (Å²) < 4.78 is 2.38. The molecule has 0 N–H and O–H groups in total. The maximum atomic E-state index is 5.12. The molecule has 0 aliphatic rings. The van der Waals surface area contributed by atoms with Crippen LogP contribution >= 0.6 is 0 Å². The van der Waals surface area contributed by atoms with Crippen LogP contribution in [0.2, 0.25) is 0 Å².